The van der Waals surface area contributed by atoms with Gasteiger partial charge in [0.15, 0.2) is 0 Å². The predicted octanol–water partition coefficient (Wildman–Crippen LogP) is 2.04. The van der Waals surface area contributed by atoms with Crippen molar-refractivity contribution in [2.75, 3.05) is 37.6 Å². The van der Waals surface area contributed by atoms with Crippen LogP contribution in [0, 0.1) is 12.8 Å². The van der Waals surface area contributed by atoms with Crippen LogP contribution in [0.5, 0.6) is 0 Å². The molecular formula is C20H27N3O2. The molecule has 2 heterocycles. The van der Waals surface area contributed by atoms with Gasteiger partial charge in [0.05, 0.1) is 0 Å². The van der Waals surface area contributed by atoms with Crippen LogP contribution in [-0.4, -0.2) is 60.4 Å². The molecule has 1 aliphatic carbocycles. The average Bonchev–Trinajstić information content (AvgIpc) is 3.37. The number of hydrogen-bond acceptors (Lipinski definition) is 3. The largest absolute Gasteiger partial charge is 0.368 e. The van der Waals surface area contributed by atoms with Crippen LogP contribution in [0.15, 0.2) is 24.3 Å². The number of nitrogens with zero attached hydrogens (tertiary/aromatic N) is 3. The SMILES string of the molecule is Cc1cccc(N2CCN(C(=O)[C@H]3CCCN3C(=O)C3CC3)CC2)c1. The molecule has 2 aliphatic heterocycles. The van der Waals surface area contributed by atoms with Gasteiger partial charge in [-0.1, -0.05) is 12.1 Å². The van der Waals surface area contributed by atoms with Crippen molar-refractivity contribution in [3.63, 3.8) is 0 Å². The number of amides is 2. The number of piperazine rings is 1. The molecule has 0 unspecified atom stereocenters. The van der Waals surface area contributed by atoms with Gasteiger partial charge in [0.25, 0.3) is 0 Å². The molecule has 134 valence electrons. The van der Waals surface area contributed by atoms with Crippen molar-refractivity contribution < 1.29 is 9.59 Å². The van der Waals surface area contributed by atoms with Crippen molar-refractivity contribution in [3.05, 3.63) is 29.8 Å². The van der Waals surface area contributed by atoms with Gasteiger partial charge in [-0.25, -0.2) is 0 Å². The van der Waals surface area contributed by atoms with Gasteiger partial charge in [0.2, 0.25) is 11.8 Å². The maximum atomic E-state index is 13.0. The fraction of sp³-hybridized carbons (Fsp3) is 0.600. The van der Waals surface area contributed by atoms with E-state index in [0.29, 0.717) is 0 Å². The summed E-state index contributed by atoms with van der Waals surface area (Å²) in [6.45, 7) is 6.07. The Hall–Kier alpha value is -2.04. The summed E-state index contributed by atoms with van der Waals surface area (Å²) in [4.78, 5) is 31.6. The number of benzene rings is 1. The zero-order chi connectivity index (χ0) is 17.4. The second kappa shape index (κ2) is 6.70. The third-order valence-corrected chi connectivity index (χ3v) is 5.71. The van der Waals surface area contributed by atoms with E-state index in [2.05, 4.69) is 36.1 Å². The highest BCUT2D eigenvalue weighted by molar-refractivity contribution is 5.90. The lowest BCUT2D eigenvalue weighted by molar-refractivity contribution is -0.144. The molecule has 1 aromatic carbocycles. The lowest BCUT2D eigenvalue weighted by Crippen LogP contribution is -2.54. The van der Waals surface area contributed by atoms with E-state index in [1.54, 1.807) is 0 Å². The van der Waals surface area contributed by atoms with Crippen molar-refractivity contribution >= 4 is 17.5 Å². The fourth-order valence-electron chi connectivity index (χ4n) is 4.07. The molecule has 3 aliphatic rings. The molecule has 2 saturated heterocycles. The van der Waals surface area contributed by atoms with Crippen molar-refractivity contribution in [2.45, 2.75) is 38.6 Å². The number of aryl methyl sites for hydroxylation is 1. The van der Waals surface area contributed by atoms with Crippen molar-refractivity contribution in [1.82, 2.24) is 9.80 Å². The average molecular weight is 341 g/mol. The molecule has 25 heavy (non-hydrogen) atoms. The Morgan fingerprint density at radius 1 is 0.960 bits per heavy atom. The predicted molar refractivity (Wildman–Crippen MR) is 97.4 cm³/mol. The highest BCUT2D eigenvalue weighted by Gasteiger charge is 2.42. The summed E-state index contributed by atoms with van der Waals surface area (Å²) >= 11 is 0. The van der Waals surface area contributed by atoms with Gasteiger partial charge in [0.1, 0.15) is 6.04 Å². The molecule has 0 aromatic heterocycles. The molecule has 5 heteroatoms. The van der Waals surface area contributed by atoms with Crippen LogP contribution in [0.4, 0.5) is 5.69 Å². The molecule has 0 spiro atoms. The third kappa shape index (κ3) is 3.37. The van der Waals surface area contributed by atoms with E-state index < -0.39 is 0 Å². The number of hydrogen-bond donors (Lipinski definition) is 0. The first-order chi connectivity index (χ1) is 12.1. The molecular weight excluding hydrogens is 314 g/mol. The molecule has 1 saturated carbocycles. The van der Waals surface area contributed by atoms with Gasteiger partial charge >= 0.3 is 0 Å². The second-order valence-electron chi connectivity index (χ2n) is 7.62. The van der Waals surface area contributed by atoms with Crippen LogP contribution >= 0.6 is 0 Å². The van der Waals surface area contributed by atoms with Crippen LogP contribution in [0.2, 0.25) is 0 Å². The van der Waals surface area contributed by atoms with Gasteiger partial charge in [-0.15, -0.1) is 0 Å². The third-order valence-electron chi connectivity index (χ3n) is 5.71. The molecule has 0 radical (unpaired) electrons. The Kier molecular flexibility index (Phi) is 4.40. The van der Waals surface area contributed by atoms with E-state index in [1.165, 1.54) is 11.3 Å². The topological polar surface area (TPSA) is 43.9 Å². The highest BCUT2D eigenvalue weighted by atomic mass is 16.2. The standard InChI is InChI=1S/C20H27N3O2/c1-15-4-2-5-17(14-15)21-10-12-22(13-11-21)20(25)18-6-3-9-23(18)19(24)16-7-8-16/h2,4-5,14,16,18H,3,6-13H2,1H3/t18-/m1/s1. The first-order valence-electron chi connectivity index (χ1n) is 9.54. The van der Waals surface area contributed by atoms with Crippen molar-refractivity contribution in [2.24, 2.45) is 5.92 Å². The van der Waals surface area contributed by atoms with Crippen LogP contribution in [0.1, 0.15) is 31.2 Å². The summed E-state index contributed by atoms with van der Waals surface area (Å²) in [6.07, 6.45) is 3.80. The van der Waals surface area contributed by atoms with Crippen LogP contribution in [0.25, 0.3) is 0 Å². The number of carbonyl (C=O) groups is 2. The minimum absolute atomic E-state index is 0.162. The Bertz CT molecular complexity index is 663. The highest BCUT2D eigenvalue weighted by Crippen LogP contribution is 2.34. The molecule has 0 bridgehead atoms. The van der Waals surface area contributed by atoms with Gasteiger partial charge in [-0.2, -0.15) is 0 Å². The molecule has 1 atom stereocenters. The fourth-order valence-corrected chi connectivity index (χ4v) is 4.07. The Morgan fingerprint density at radius 2 is 1.72 bits per heavy atom. The van der Waals surface area contributed by atoms with Gasteiger partial charge < -0.3 is 14.7 Å². The molecule has 2 amide bonds. The molecule has 3 fully saturated rings. The van der Waals surface area contributed by atoms with Crippen molar-refractivity contribution in [3.8, 4) is 0 Å². The van der Waals surface area contributed by atoms with Crippen LogP contribution in [0.3, 0.4) is 0 Å². The molecule has 0 N–H and O–H groups in total. The van der Waals surface area contributed by atoms with Crippen molar-refractivity contribution in [1.29, 1.82) is 0 Å². The molecule has 4 rings (SSSR count). The summed E-state index contributed by atoms with van der Waals surface area (Å²) < 4.78 is 0. The summed E-state index contributed by atoms with van der Waals surface area (Å²) in [5, 5.41) is 0. The molecule has 5 nitrogen and oxygen atoms in total. The van der Waals surface area contributed by atoms with Gasteiger partial charge in [0, 0.05) is 44.3 Å². The number of likely N-dealkylation sites (tertiary alicyclic amines) is 1. The lowest BCUT2D eigenvalue weighted by atomic mass is 10.1. The molecule has 1 aromatic rings. The van der Waals surface area contributed by atoms with Crippen LogP contribution < -0.4 is 4.90 Å². The minimum atomic E-state index is -0.210. The first-order valence-corrected chi connectivity index (χ1v) is 9.54. The maximum Gasteiger partial charge on any atom is 0.245 e. The van der Waals surface area contributed by atoms with Gasteiger partial charge in [-0.3, -0.25) is 9.59 Å². The number of carbonyl (C=O) groups excluding carboxylic acids is 2. The maximum absolute atomic E-state index is 13.0. The van der Waals surface area contributed by atoms with E-state index in [0.717, 1.165) is 58.4 Å². The zero-order valence-corrected chi connectivity index (χ0v) is 15.0. The van der Waals surface area contributed by atoms with Gasteiger partial charge in [-0.05, 0) is 50.3 Å². The first kappa shape index (κ1) is 16.4. The Morgan fingerprint density at radius 3 is 2.40 bits per heavy atom. The van der Waals surface area contributed by atoms with E-state index in [9.17, 15) is 9.59 Å². The summed E-state index contributed by atoms with van der Waals surface area (Å²) in [6, 6.07) is 8.32. The number of rotatable bonds is 3. The summed E-state index contributed by atoms with van der Waals surface area (Å²) in [7, 11) is 0. The lowest BCUT2D eigenvalue weighted by Gasteiger charge is -2.38. The van der Waals surface area contributed by atoms with E-state index in [1.807, 2.05) is 9.80 Å². The smallest absolute Gasteiger partial charge is 0.245 e. The quantitative estimate of drug-likeness (QED) is 0.845. The van der Waals surface area contributed by atoms with E-state index in [4.69, 9.17) is 0 Å². The monoisotopic (exact) mass is 341 g/mol. The zero-order valence-electron chi connectivity index (χ0n) is 15.0. The summed E-state index contributed by atoms with van der Waals surface area (Å²) in [5.41, 5.74) is 2.50. The Balaban J connectivity index is 1.37. The number of anilines is 1. The van der Waals surface area contributed by atoms with E-state index >= 15 is 0 Å². The normalized spacial score (nSPS) is 23.9. The summed E-state index contributed by atoms with van der Waals surface area (Å²) in [5.74, 6) is 0.580. The van der Waals surface area contributed by atoms with E-state index in [-0.39, 0.29) is 23.8 Å². The second-order valence-corrected chi connectivity index (χ2v) is 7.62. The Labute approximate surface area is 149 Å². The van der Waals surface area contributed by atoms with Crippen LogP contribution in [-0.2, 0) is 9.59 Å². The minimum Gasteiger partial charge on any atom is -0.368 e.